The van der Waals surface area contributed by atoms with Crippen LogP contribution in [0.25, 0.3) is 0 Å². The molecule has 0 radical (unpaired) electrons. The van der Waals surface area contributed by atoms with Crippen LogP contribution in [0.3, 0.4) is 0 Å². The van der Waals surface area contributed by atoms with E-state index in [1.807, 2.05) is 24.0 Å². The molecular formula is C20H20ClFN2O2. The zero-order chi connectivity index (χ0) is 18.7. The maximum absolute atomic E-state index is 13.9. The van der Waals surface area contributed by atoms with Crippen molar-refractivity contribution in [2.75, 3.05) is 26.2 Å². The molecule has 0 saturated carbocycles. The summed E-state index contributed by atoms with van der Waals surface area (Å²) in [6.45, 7) is 4.32. The van der Waals surface area contributed by atoms with Gasteiger partial charge >= 0.3 is 0 Å². The van der Waals surface area contributed by atoms with Crippen LogP contribution in [0.15, 0.2) is 42.5 Å². The predicted molar refractivity (Wildman–Crippen MR) is 98.8 cm³/mol. The highest BCUT2D eigenvalue weighted by Crippen LogP contribution is 2.21. The zero-order valence-corrected chi connectivity index (χ0v) is 15.3. The highest BCUT2D eigenvalue weighted by atomic mass is 35.5. The first-order valence-electron chi connectivity index (χ1n) is 8.51. The van der Waals surface area contributed by atoms with Gasteiger partial charge < -0.3 is 4.90 Å². The van der Waals surface area contributed by atoms with Gasteiger partial charge in [0.1, 0.15) is 5.82 Å². The van der Waals surface area contributed by atoms with E-state index >= 15 is 0 Å². The Labute approximate surface area is 157 Å². The van der Waals surface area contributed by atoms with Gasteiger partial charge in [0.05, 0.1) is 0 Å². The molecule has 26 heavy (non-hydrogen) atoms. The Kier molecular flexibility index (Phi) is 5.69. The topological polar surface area (TPSA) is 40.6 Å². The van der Waals surface area contributed by atoms with Crippen molar-refractivity contribution >= 4 is 23.3 Å². The van der Waals surface area contributed by atoms with Crippen LogP contribution >= 0.6 is 11.6 Å². The molecule has 4 nitrogen and oxygen atoms in total. The second-order valence-electron chi connectivity index (χ2n) is 6.46. The Hall–Kier alpha value is -2.24. The normalized spacial score (nSPS) is 15.1. The Morgan fingerprint density at radius 3 is 2.31 bits per heavy atom. The molecule has 0 bridgehead atoms. The maximum atomic E-state index is 13.9. The summed E-state index contributed by atoms with van der Waals surface area (Å²) in [4.78, 5) is 28.4. The quantitative estimate of drug-likeness (QED) is 0.609. The van der Waals surface area contributed by atoms with Gasteiger partial charge in [-0.05, 0) is 19.1 Å². The summed E-state index contributed by atoms with van der Waals surface area (Å²) in [6, 6.07) is 11.6. The number of halogens is 2. The molecule has 1 fully saturated rings. The van der Waals surface area contributed by atoms with Crippen molar-refractivity contribution in [3.8, 4) is 0 Å². The van der Waals surface area contributed by atoms with E-state index in [9.17, 15) is 14.0 Å². The second kappa shape index (κ2) is 7.98. The summed E-state index contributed by atoms with van der Waals surface area (Å²) < 4.78 is 13.9. The molecule has 2 aromatic carbocycles. The summed E-state index contributed by atoms with van der Waals surface area (Å²) in [7, 11) is 0. The standard InChI is InChI=1S/C20H20ClFN2O2/c1-14-5-7-15(8-6-14)19(25)20(26)24-11-9-23(10-12-24)13-16-17(21)3-2-4-18(16)22/h2-8H,9-13H2,1H3. The second-order valence-corrected chi connectivity index (χ2v) is 6.87. The fourth-order valence-electron chi connectivity index (χ4n) is 2.99. The van der Waals surface area contributed by atoms with Gasteiger partial charge in [-0.1, -0.05) is 47.5 Å². The van der Waals surface area contributed by atoms with Crippen LogP contribution in [0, 0.1) is 12.7 Å². The zero-order valence-electron chi connectivity index (χ0n) is 14.5. The van der Waals surface area contributed by atoms with Crippen molar-refractivity contribution in [1.29, 1.82) is 0 Å². The number of hydrogen-bond donors (Lipinski definition) is 0. The molecule has 0 aromatic heterocycles. The van der Waals surface area contributed by atoms with Crippen LogP contribution in [0.5, 0.6) is 0 Å². The lowest BCUT2D eigenvalue weighted by molar-refractivity contribution is -0.128. The molecule has 0 unspecified atom stereocenters. The predicted octanol–water partition coefficient (Wildman–Crippen LogP) is 3.31. The molecule has 0 spiro atoms. The van der Waals surface area contributed by atoms with Crippen molar-refractivity contribution in [1.82, 2.24) is 9.80 Å². The third-order valence-corrected chi connectivity index (χ3v) is 4.97. The maximum Gasteiger partial charge on any atom is 0.295 e. The first-order chi connectivity index (χ1) is 12.5. The molecule has 1 amide bonds. The van der Waals surface area contributed by atoms with Crippen LogP contribution in [0.4, 0.5) is 4.39 Å². The van der Waals surface area contributed by atoms with E-state index in [0.717, 1.165) is 5.56 Å². The van der Waals surface area contributed by atoms with E-state index in [-0.39, 0.29) is 5.82 Å². The lowest BCUT2D eigenvalue weighted by Crippen LogP contribution is -2.50. The monoisotopic (exact) mass is 374 g/mol. The first-order valence-corrected chi connectivity index (χ1v) is 8.89. The molecule has 136 valence electrons. The number of rotatable bonds is 4. The van der Waals surface area contributed by atoms with E-state index in [0.29, 0.717) is 48.9 Å². The number of carbonyl (C=O) groups excluding carboxylic acids is 2. The smallest absolute Gasteiger partial charge is 0.295 e. The number of carbonyl (C=O) groups is 2. The van der Waals surface area contributed by atoms with Crippen molar-refractivity contribution in [2.24, 2.45) is 0 Å². The number of Topliss-reactive ketones (excluding diaryl/α,β-unsaturated/α-hetero) is 1. The van der Waals surface area contributed by atoms with Gasteiger partial charge in [-0.2, -0.15) is 0 Å². The molecule has 6 heteroatoms. The lowest BCUT2D eigenvalue weighted by Gasteiger charge is -2.34. The van der Waals surface area contributed by atoms with E-state index in [2.05, 4.69) is 0 Å². The Balaban J connectivity index is 1.58. The summed E-state index contributed by atoms with van der Waals surface area (Å²) in [5.74, 6) is -1.31. The summed E-state index contributed by atoms with van der Waals surface area (Å²) >= 11 is 6.07. The average Bonchev–Trinajstić information content (AvgIpc) is 2.65. The van der Waals surface area contributed by atoms with Crippen LogP contribution in [-0.4, -0.2) is 47.7 Å². The summed E-state index contributed by atoms with van der Waals surface area (Å²) in [6.07, 6.45) is 0. The number of hydrogen-bond acceptors (Lipinski definition) is 3. The van der Waals surface area contributed by atoms with Crippen molar-refractivity contribution in [3.05, 3.63) is 70.0 Å². The molecule has 0 aliphatic carbocycles. The van der Waals surface area contributed by atoms with E-state index in [1.165, 1.54) is 6.07 Å². The van der Waals surface area contributed by atoms with E-state index < -0.39 is 11.7 Å². The molecular weight excluding hydrogens is 355 g/mol. The van der Waals surface area contributed by atoms with Crippen LogP contribution in [0.2, 0.25) is 5.02 Å². The average molecular weight is 375 g/mol. The number of ketones is 1. The van der Waals surface area contributed by atoms with Gasteiger partial charge in [-0.25, -0.2) is 4.39 Å². The van der Waals surface area contributed by atoms with Gasteiger partial charge in [0, 0.05) is 48.9 Å². The van der Waals surface area contributed by atoms with Gasteiger partial charge in [0.2, 0.25) is 5.78 Å². The molecule has 0 N–H and O–H groups in total. The molecule has 1 saturated heterocycles. The molecule has 1 heterocycles. The molecule has 0 atom stereocenters. The fourth-order valence-corrected chi connectivity index (χ4v) is 3.21. The van der Waals surface area contributed by atoms with Gasteiger partial charge in [0.25, 0.3) is 5.91 Å². The largest absolute Gasteiger partial charge is 0.333 e. The van der Waals surface area contributed by atoms with Crippen molar-refractivity contribution < 1.29 is 14.0 Å². The Morgan fingerprint density at radius 1 is 1.04 bits per heavy atom. The summed E-state index contributed by atoms with van der Waals surface area (Å²) in [5.41, 5.74) is 1.90. The number of aryl methyl sites for hydroxylation is 1. The van der Waals surface area contributed by atoms with Gasteiger partial charge in [-0.3, -0.25) is 14.5 Å². The van der Waals surface area contributed by atoms with Crippen molar-refractivity contribution in [3.63, 3.8) is 0 Å². The SMILES string of the molecule is Cc1ccc(C(=O)C(=O)N2CCN(Cc3c(F)cccc3Cl)CC2)cc1. The van der Waals surface area contributed by atoms with Crippen molar-refractivity contribution in [2.45, 2.75) is 13.5 Å². The highest BCUT2D eigenvalue weighted by molar-refractivity contribution is 6.42. The number of piperazine rings is 1. The van der Waals surface area contributed by atoms with Gasteiger partial charge in [0.15, 0.2) is 0 Å². The fraction of sp³-hybridized carbons (Fsp3) is 0.300. The van der Waals surface area contributed by atoms with E-state index in [4.69, 9.17) is 11.6 Å². The van der Waals surface area contributed by atoms with Crippen LogP contribution < -0.4 is 0 Å². The van der Waals surface area contributed by atoms with Gasteiger partial charge in [-0.15, -0.1) is 0 Å². The third-order valence-electron chi connectivity index (χ3n) is 4.61. The van der Waals surface area contributed by atoms with Crippen LogP contribution in [-0.2, 0) is 11.3 Å². The number of amides is 1. The van der Waals surface area contributed by atoms with E-state index in [1.54, 1.807) is 29.2 Å². The van der Waals surface area contributed by atoms with Crippen LogP contribution in [0.1, 0.15) is 21.5 Å². The minimum atomic E-state index is -0.490. The minimum absolute atomic E-state index is 0.328. The Morgan fingerprint density at radius 2 is 1.69 bits per heavy atom. The number of benzene rings is 2. The molecule has 1 aliphatic rings. The third kappa shape index (κ3) is 4.11. The first kappa shape index (κ1) is 18.5. The molecule has 1 aliphatic heterocycles. The molecule has 3 rings (SSSR count). The number of nitrogens with zero attached hydrogens (tertiary/aromatic N) is 2. The highest BCUT2D eigenvalue weighted by Gasteiger charge is 2.27. The summed E-state index contributed by atoms with van der Waals surface area (Å²) in [5, 5.41) is 0.401. The Bertz CT molecular complexity index is 795. The molecule has 2 aromatic rings. The lowest BCUT2D eigenvalue weighted by atomic mass is 10.1. The minimum Gasteiger partial charge on any atom is -0.333 e.